The van der Waals surface area contributed by atoms with E-state index in [4.69, 9.17) is 0 Å². The van der Waals surface area contributed by atoms with Crippen molar-refractivity contribution in [1.29, 1.82) is 0 Å². The molecule has 1 aliphatic heterocycles. The van der Waals surface area contributed by atoms with E-state index in [1.807, 2.05) is 12.3 Å². The van der Waals surface area contributed by atoms with E-state index in [1.54, 1.807) is 0 Å². The summed E-state index contributed by atoms with van der Waals surface area (Å²) in [5.74, 6) is 0. The van der Waals surface area contributed by atoms with Crippen molar-refractivity contribution in [2.75, 3.05) is 13.1 Å². The first-order valence-electron chi connectivity index (χ1n) is 8.29. The Hall–Kier alpha value is -0.930. The summed E-state index contributed by atoms with van der Waals surface area (Å²) in [6.07, 6.45) is 4.26. The van der Waals surface area contributed by atoms with E-state index in [0.29, 0.717) is 6.04 Å². The van der Waals surface area contributed by atoms with Crippen molar-refractivity contribution in [3.05, 3.63) is 30.1 Å². The summed E-state index contributed by atoms with van der Waals surface area (Å²) in [5, 5.41) is 3.84. The molecule has 1 atom stereocenters. The number of hydrogen-bond donors (Lipinski definition) is 1. The van der Waals surface area contributed by atoms with Gasteiger partial charge in [-0.25, -0.2) is 0 Å². The molecule has 1 aromatic rings. The Bertz CT molecular complexity index is 432. The van der Waals surface area contributed by atoms with Crippen LogP contribution in [0.15, 0.2) is 24.4 Å². The molecule has 0 aliphatic carbocycles. The van der Waals surface area contributed by atoms with Gasteiger partial charge in [-0.05, 0) is 30.4 Å². The number of nitrogens with one attached hydrogen (secondary N) is 1. The van der Waals surface area contributed by atoms with E-state index in [9.17, 15) is 0 Å². The van der Waals surface area contributed by atoms with Crippen LogP contribution in [0.4, 0.5) is 0 Å². The molecule has 0 amide bonds. The van der Waals surface area contributed by atoms with Gasteiger partial charge in [-0.3, -0.25) is 9.88 Å². The molecule has 1 N–H and O–H groups in total. The van der Waals surface area contributed by atoms with Crippen molar-refractivity contribution in [3.8, 4) is 0 Å². The summed E-state index contributed by atoms with van der Waals surface area (Å²) in [5.41, 5.74) is 1.71. The molecule has 0 saturated carbocycles. The zero-order chi connectivity index (χ0) is 15.5. The second-order valence-corrected chi connectivity index (χ2v) is 7.48. The van der Waals surface area contributed by atoms with Crippen LogP contribution in [0, 0.1) is 5.41 Å². The lowest BCUT2D eigenvalue weighted by atomic mass is 9.80. The van der Waals surface area contributed by atoms with Crippen molar-refractivity contribution >= 4 is 0 Å². The third kappa shape index (κ3) is 3.83. The normalized spacial score (nSPS) is 23.2. The van der Waals surface area contributed by atoms with Crippen LogP contribution in [0.5, 0.6) is 0 Å². The molecule has 1 aliphatic rings. The van der Waals surface area contributed by atoms with Crippen LogP contribution in [0.1, 0.15) is 53.2 Å². The highest BCUT2D eigenvalue weighted by Crippen LogP contribution is 2.32. The third-order valence-corrected chi connectivity index (χ3v) is 5.06. The number of rotatable bonds is 4. The smallest absolute Gasteiger partial charge is 0.0544 e. The van der Waals surface area contributed by atoms with Crippen molar-refractivity contribution in [2.45, 2.75) is 65.6 Å². The van der Waals surface area contributed by atoms with Gasteiger partial charge in [-0.1, -0.05) is 40.7 Å². The van der Waals surface area contributed by atoms with E-state index in [2.05, 4.69) is 62.0 Å². The highest BCUT2D eigenvalue weighted by atomic mass is 15.3. The first-order valence-corrected chi connectivity index (χ1v) is 8.29. The highest BCUT2D eigenvalue weighted by molar-refractivity contribution is 5.07. The second-order valence-electron chi connectivity index (χ2n) is 7.48. The van der Waals surface area contributed by atoms with Crippen molar-refractivity contribution in [3.63, 3.8) is 0 Å². The quantitative estimate of drug-likeness (QED) is 0.920. The molecule has 3 nitrogen and oxygen atoms in total. The van der Waals surface area contributed by atoms with Crippen LogP contribution < -0.4 is 5.32 Å². The Balaban J connectivity index is 2.21. The Morgan fingerprint density at radius 1 is 1.29 bits per heavy atom. The fourth-order valence-electron chi connectivity index (χ4n) is 3.44. The maximum absolute atomic E-state index is 4.53. The van der Waals surface area contributed by atoms with Gasteiger partial charge >= 0.3 is 0 Å². The lowest BCUT2D eigenvalue weighted by molar-refractivity contribution is 0.0123. The molecule has 2 rings (SSSR count). The molecule has 1 unspecified atom stereocenters. The van der Waals surface area contributed by atoms with E-state index in [0.717, 1.165) is 19.6 Å². The van der Waals surface area contributed by atoms with Crippen molar-refractivity contribution < 1.29 is 0 Å². The summed E-state index contributed by atoms with van der Waals surface area (Å²) in [4.78, 5) is 7.17. The number of aromatic nitrogens is 1. The van der Waals surface area contributed by atoms with E-state index in [-0.39, 0.29) is 11.0 Å². The van der Waals surface area contributed by atoms with Gasteiger partial charge in [-0.15, -0.1) is 0 Å². The van der Waals surface area contributed by atoms with Crippen LogP contribution in [0.25, 0.3) is 0 Å². The molecule has 0 radical (unpaired) electrons. The van der Waals surface area contributed by atoms with Crippen LogP contribution in [0.2, 0.25) is 0 Å². The molecule has 3 heteroatoms. The molecule has 21 heavy (non-hydrogen) atoms. The fourth-order valence-corrected chi connectivity index (χ4v) is 3.44. The minimum Gasteiger partial charge on any atom is -0.308 e. The van der Waals surface area contributed by atoms with Crippen LogP contribution in [-0.2, 0) is 6.54 Å². The van der Waals surface area contributed by atoms with Crippen molar-refractivity contribution in [2.24, 2.45) is 5.41 Å². The topological polar surface area (TPSA) is 28.2 Å². The maximum Gasteiger partial charge on any atom is 0.0544 e. The van der Waals surface area contributed by atoms with Gasteiger partial charge in [0.2, 0.25) is 0 Å². The summed E-state index contributed by atoms with van der Waals surface area (Å²) >= 11 is 0. The molecule has 2 heterocycles. The Morgan fingerprint density at radius 2 is 2.00 bits per heavy atom. The van der Waals surface area contributed by atoms with E-state index < -0.39 is 0 Å². The third-order valence-electron chi connectivity index (χ3n) is 5.06. The molecule has 1 aromatic heterocycles. The number of piperazine rings is 1. The van der Waals surface area contributed by atoms with Gasteiger partial charge in [0.15, 0.2) is 0 Å². The predicted octanol–water partition coefficient (Wildman–Crippen LogP) is 3.46. The lowest BCUT2D eigenvalue weighted by Gasteiger charge is -2.51. The Labute approximate surface area is 130 Å². The average molecular weight is 289 g/mol. The number of pyridine rings is 1. The monoisotopic (exact) mass is 289 g/mol. The zero-order valence-corrected chi connectivity index (χ0v) is 14.3. The second kappa shape index (κ2) is 6.45. The predicted molar refractivity (Wildman–Crippen MR) is 89.2 cm³/mol. The molecule has 1 fully saturated rings. The molecular formula is C18H31N3. The Kier molecular flexibility index (Phi) is 5.05. The summed E-state index contributed by atoms with van der Waals surface area (Å²) in [6.45, 7) is 14.8. The molecule has 118 valence electrons. The summed E-state index contributed by atoms with van der Waals surface area (Å²) < 4.78 is 0. The maximum atomic E-state index is 4.53. The molecule has 1 saturated heterocycles. The molecular weight excluding hydrogens is 258 g/mol. The minimum atomic E-state index is 0.260. The largest absolute Gasteiger partial charge is 0.308 e. The van der Waals surface area contributed by atoms with Gasteiger partial charge in [-0.2, -0.15) is 0 Å². The number of hydrogen-bond acceptors (Lipinski definition) is 3. The van der Waals surface area contributed by atoms with Crippen LogP contribution in [-0.4, -0.2) is 34.6 Å². The van der Waals surface area contributed by atoms with Gasteiger partial charge in [0.05, 0.1) is 5.69 Å². The van der Waals surface area contributed by atoms with Crippen LogP contribution >= 0.6 is 0 Å². The van der Waals surface area contributed by atoms with Crippen LogP contribution in [0.3, 0.4) is 0 Å². The first kappa shape index (κ1) is 16.4. The van der Waals surface area contributed by atoms with Crippen molar-refractivity contribution in [1.82, 2.24) is 15.2 Å². The standard InChI is InChI=1S/C18H31N3/c1-6-18(7-2)14-21(13-15-10-8-9-11-19-15)16(12-20-18)17(3,4)5/h8-11,16,20H,6-7,12-14H2,1-5H3. The first-order chi connectivity index (χ1) is 9.90. The number of nitrogens with zero attached hydrogens (tertiary/aromatic N) is 2. The Morgan fingerprint density at radius 3 is 2.52 bits per heavy atom. The molecule has 0 aromatic carbocycles. The lowest BCUT2D eigenvalue weighted by Crippen LogP contribution is -2.66. The van der Waals surface area contributed by atoms with E-state index >= 15 is 0 Å². The van der Waals surface area contributed by atoms with Gasteiger partial charge in [0, 0.05) is 37.4 Å². The van der Waals surface area contributed by atoms with Gasteiger partial charge in [0.25, 0.3) is 0 Å². The SMILES string of the molecule is CCC1(CC)CN(Cc2ccccn2)C(C(C)(C)C)CN1. The zero-order valence-electron chi connectivity index (χ0n) is 14.3. The van der Waals surface area contributed by atoms with E-state index in [1.165, 1.54) is 18.5 Å². The summed E-state index contributed by atoms with van der Waals surface area (Å²) in [7, 11) is 0. The molecule has 0 bridgehead atoms. The molecule has 0 spiro atoms. The van der Waals surface area contributed by atoms with Gasteiger partial charge < -0.3 is 5.32 Å². The van der Waals surface area contributed by atoms with Gasteiger partial charge in [0.1, 0.15) is 0 Å². The average Bonchev–Trinajstić information content (AvgIpc) is 2.47. The minimum absolute atomic E-state index is 0.260. The fraction of sp³-hybridized carbons (Fsp3) is 0.722. The summed E-state index contributed by atoms with van der Waals surface area (Å²) in [6, 6.07) is 6.76. The highest BCUT2D eigenvalue weighted by Gasteiger charge is 2.41.